The van der Waals surface area contributed by atoms with Gasteiger partial charge in [0, 0.05) is 37.8 Å². The number of morpholine rings is 1. The Labute approximate surface area is 184 Å². The molecule has 0 aliphatic carbocycles. The highest BCUT2D eigenvalue weighted by molar-refractivity contribution is 7.22. The van der Waals surface area contributed by atoms with E-state index in [-0.39, 0.29) is 11.4 Å². The molecule has 0 saturated carbocycles. The fourth-order valence-electron chi connectivity index (χ4n) is 3.56. The standard InChI is InChI=1S/C21H18F2N4O2S2/c22-14-10-15(23)19-18(11-14)31-21(25-19)27(4-3-26-5-7-29-8-6-26)20(28)13-1-2-16-17(9-13)30-12-24-16/h1-2,9-12H,3-8H2. The van der Waals surface area contributed by atoms with E-state index in [1.807, 2.05) is 12.1 Å². The Morgan fingerprint density at radius 3 is 2.84 bits per heavy atom. The Kier molecular flexibility index (Phi) is 5.61. The lowest BCUT2D eigenvalue weighted by Gasteiger charge is -2.29. The van der Waals surface area contributed by atoms with Gasteiger partial charge in [-0.3, -0.25) is 14.6 Å². The van der Waals surface area contributed by atoms with Gasteiger partial charge in [-0.1, -0.05) is 11.3 Å². The van der Waals surface area contributed by atoms with E-state index in [1.54, 1.807) is 16.5 Å². The molecule has 1 saturated heterocycles. The minimum atomic E-state index is -0.732. The summed E-state index contributed by atoms with van der Waals surface area (Å²) >= 11 is 2.57. The van der Waals surface area contributed by atoms with Crippen molar-refractivity contribution in [1.29, 1.82) is 0 Å². The zero-order valence-corrected chi connectivity index (χ0v) is 18.0. The van der Waals surface area contributed by atoms with Crippen LogP contribution in [0.15, 0.2) is 35.8 Å². The Balaban J connectivity index is 1.50. The number of carbonyl (C=O) groups excluding carboxylic acids is 1. The van der Waals surface area contributed by atoms with Crippen molar-refractivity contribution in [3.63, 3.8) is 0 Å². The van der Waals surface area contributed by atoms with Gasteiger partial charge in [0.05, 0.1) is 33.6 Å². The monoisotopic (exact) mass is 460 g/mol. The highest BCUT2D eigenvalue weighted by Gasteiger charge is 2.24. The Bertz CT molecular complexity index is 1250. The van der Waals surface area contributed by atoms with E-state index >= 15 is 0 Å². The van der Waals surface area contributed by atoms with Crippen LogP contribution in [0.2, 0.25) is 0 Å². The minimum Gasteiger partial charge on any atom is -0.379 e. The summed E-state index contributed by atoms with van der Waals surface area (Å²) in [6, 6.07) is 7.41. The first-order valence-corrected chi connectivity index (χ1v) is 11.5. The Morgan fingerprint density at radius 1 is 1.16 bits per heavy atom. The molecule has 0 spiro atoms. The molecule has 0 atom stereocenters. The van der Waals surface area contributed by atoms with Crippen molar-refractivity contribution in [2.75, 3.05) is 44.3 Å². The number of rotatable bonds is 5. The number of aromatic nitrogens is 2. The van der Waals surface area contributed by atoms with Crippen LogP contribution in [0, 0.1) is 11.6 Å². The molecule has 0 bridgehead atoms. The predicted molar refractivity (Wildman–Crippen MR) is 118 cm³/mol. The normalized spacial score (nSPS) is 15.0. The molecule has 31 heavy (non-hydrogen) atoms. The molecule has 6 nitrogen and oxygen atoms in total. The molecule has 4 aromatic rings. The number of thiazole rings is 2. The molecule has 1 aliphatic rings. The van der Waals surface area contributed by atoms with Crippen LogP contribution in [0.1, 0.15) is 10.4 Å². The van der Waals surface area contributed by atoms with Crippen molar-refractivity contribution >= 4 is 54.1 Å². The zero-order valence-electron chi connectivity index (χ0n) is 16.4. The maximum Gasteiger partial charge on any atom is 0.260 e. The second-order valence-corrected chi connectivity index (χ2v) is 9.07. The van der Waals surface area contributed by atoms with Crippen LogP contribution in [0.3, 0.4) is 0 Å². The average Bonchev–Trinajstić information content (AvgIpc) is 3.41. The highest BCUT2D eigenvalue weighted by Crippen LogP contribution is 2.32. The van der Waals surface area contributed by atoms with Crippen LogP contribution < -0.4 is 4.90 Å². The van der Waals surface area contributed by atoms with Crippen LogP contribution in [-0.4, -0.2) is 60.2 Å². The first-order chi connectivity index (χ1) is 15.1. The summed E-state index contributed by atoms with van der Waals surface area (Å²) in [5.74, 6) is -1.63. The minimum absolute atomic E-state index is 0.0727. The molecule has 1 aliphatic heterocycles. The van der Waals surface area contributed by atoms with Crippen LogP contribution in [0.25, 0.3) is 20.4 Å². The number of hydrogen-bond donors (Lipinski definition) is 0. The highest BCUT2D eigenvalue weighted by atomic mass is 32.1. The predicted octanol–water partition coefficient (Wildman–Crippen LogP) is 4.16. The molecular formula is C21H18F2N4O2S2. The van der Waals surface area contributed by atoms with E-state index < -0.39 is 11.6 Å². The Morgan fingerprint density at radius 2 is 2.00 bits per heavy atom. The number of benzene rings is 2. The second-order valence-electron chi connectivity index (χ2n) is 7.18. The lowest BCUT2D eigenvalue weighted by atomic mass is 10.2. The molecule has 0 N–H and O–H groups in total. The molecule has 0 unspecified atom stereocenters. The SMILES string of the molecule is O=C(c1ccc2ncsc2c1)N(CCN1CCOCC1)c1nc2c(F)cc(F)cc2s1. The van der Waals surface area contributed by atoms with Crippen LogP contribution >= 0.6 is 22.7 Å². The number of hydrogen-bond acceptors (Lipinski definition) is 7. The summed E-state index contributed by atoms with van der Waals surface area (Å²) < 4.78 is 34.6. The van der Waals surface area contributed by atoms with Gasteiger partial charge in [0.25, 0.3) is 5.91 Å². The van der Waals surface area contributed by atoms with Crippen molar-refractivity contribution in [3.8, 4) is 0 Å². The quantitative estimate of drug-likeness (QED) is 0.448. The van der Waals surface area contributed by atoms with Gasteiger partial charge in [-0.2, -0.15) is 0 Å². The number of fused-ring (bicyclic) bond motifs is 2. The van der Waals surface area contributed by atoms with E-state index in [9.17, 15) is 13.6 Å². The fourth-order valence-corrected chi connectivity index (χ4v) is 5.30. The van der Waals surface area contributed by atoms with E-state index in [4.69, 9.17) is 4.74 Å². The summed E-state index contributed by atoms with van der Waals surface area (Å²) in [5, 5.41) is 0.349. The number of ether oxygens (including phenoxy) is 1. The maximum absolute atomic E-state index is 14.2. The lowest BCUT2D eigenvalue weighted by molar-refractivity contribution is 0.0391. The third-order valence-electron chi connectivity index (χ3n) is 5.20. The first kappa shape index (κ1) is 20.4. The van der Waals surface area contributed by atoms with E-state index in [1.165, 1.54) is 17.4 Å². The number of amides is 1. The van der Waals surface area contributed by atoms with Gasteiger partial charge < -0.3 is 4.74 Å². The molecule has 0 radical (unpaired) electrons. The topological polar surface area (TPSA) is 58.6 Å². The van der Waals surface area contributed by atoms with Gasteiger partial charge >= 0.3 is 0 Å². The molecule has 2 aromatic carbocycles. The first-order valence-electron chi connectivity index (χ1n) is 9.79. The van der Waals surface area contributed by atoms with Crippen LogP contribution in [-0.2, 0) is 4.74 Å². The Hall–Kier alpha value is -2.53. The average molecular weight is 461 g/mol. The van der Waals surface area contributed by atoms with Crippen molar-refractivity contribution in [3.05, 3.63) is 53.0 Å². The van der Waals surface area contributed by atoms with Gasteiger partial charge in [0.2, 0.25) is 0 Å². The van der Waals surface area contributed by atoms with E-state index in [0.717, 1.165) is 40.7 Å². The number of carbonyl (C=O) groups is 1. The smallest absolute Gasteiger partial charge is 0.260 e. The molecule has 1 amide bonds. The molecule has 3 heterocycles. The molecule has 1 fully saturated rings. The molecule has 2 aromatic heterocycles. The third kappa shape index (κ3) is 4.16. The van der Waals surface area contributed by atoms with Gasteiger partial charge in [-0.15, -0.1) is 11.3 Å². The zero-order chi connectivity index (χ0) is 21.4. The second kappa shape index (κ2) is 8.54. The summed E-state index contributed by atoms with van der Waals surface area (Å²) in [7, 11) is 0. The van der Waals surface area contributed by atoms with E-state index in [0.29, 0.717) is 41.7 Å². The van der Waals surface area contributed by atoms with Gasteiger partial charge in [-0.05, 0) is 24.3 Å². The van der Waals surface area contributed by atoms with Gasteiger partial charge in [-0.25, -0.2) is 18.7 Å². The van der Waals surface area contributed by atoms with Crippen LogP contribution in [0.5, 0.6) is 0 Å². The summed E-state index contributed by atoms with van der Waals surface area (Å²) in [4.78, 5) is 25.8. The number of halogens is 2. The molecular weight excluding hydrogens is 442 g/mol. The summed E-state index contributed by atoms with van der Waals surface area (Å²) in [6.45, 7) is 3.89. The lowest BCUT2D eigenvalue weighted by Crippen LogP contribution is -2.43. The van der Waals surface area contributed by atoms with Gasteiger partial charge in [0.1, 0.15) is 11.3 Å². The van der Waals surface area contributed by atoms with Crippen molar-refractivity contribution in [1.82, 2.24) is 14.9 Å². The molecule has 5 rings (SSSR count). The van der Waals surface area contributed by atoms with Crippen molar-refractivity contribution in [2.24, 2.45) is 0 Å². The number of nitrogens with zero attached hydrogens (tertiary/aromatic N) is 4. The summed E-state index contributed by atoms with van der Waals surface area (Å²) in [5.41, 5.74) is 3.15. The number of anilines is 1. The largest absolute Gasteiger partial charge is 0.379 e. The third-order valence-corrected chi connectivity index (χ3v) is 7.02. The van der Waals surface area contributed by atoms with E-state index in [2.05, 4.69) is 14.9 Å². The van der Waals surface area contributed by atoms with Crippen molar-refractivity contribution < 1.29 is 18.3 Å². The maximum atomic E-state index is 14.2. The van der Waals surface area contributed by atoms with Crippen LogP contribution in [0.4, 0.5) is 13.9 Å². The molecule has 10 heteroatoms. The fraction of sp³-hybridized carbons (Fsp3) is 0.286. The molecule has 160 valence electrons. The summed E-state index contributed by atoms with van der Waals surface area (Å²) in [6.07, 6.45) is 0. The van der Waals surface area contributed by atoms with Gasteiger partial charge in [0.15, 0.2) is 10.9 Å². The van der Waals surface area contributed by atoms with Crippen molar-refractivity contribution in [2.45, 2.75) is 0 Å².